The van der Waals surface area contributed by atoms with Crippen LogP contribution >= 0.6 is 11.6 Å². The molecule has 0 radical (unpaired) electrons. The second-order valence-electron chi connectivity index (χ2n) is 5.37. The second-order valence-corrected chi connectivity index (χ2v) is 5.75. The lowest BCUT2D eigenvalue weighted by Gasteiger charge is -2.17. The smallest absolute Gasteiger partial charge is 0.193 e. The van der Waals surface area contributed by atoms with Crippen molar-refractivity contribution >= 4 is 11.6 Å². The third-order valence-electron chi connectivity index (χ3n) is 3.61. The third kappa shape index (κ3) is 4.62. The van der Waals surface area contributed by atoms with Crippen LogP contribution in [0.1, 0.15) is 56.0 Å². The van der Waals surface area contributed by atoms with E-state index < -0.39 is 0 Å². The summed E-state index contributed by atoms with van der Waals surface area (Å²) in [5.74, 6) is 0.870. The van der Waals surface area contributed by atoms with Crippen molar-refractivity contribution in [3.8, 4) is 0 Å². The van der Waals surface area contributed by atoms with Crippen LogP contribution in [0.3, 0.4) is 0 Å². The maximum Gasteiger partial charge on any atom is 0.193 e. The lowest BCUT2D eigenvalue weighted by atomic mass is 10.0. The van der Waals surface area contributed by atoms with Gasteiger partial charge in [0.1, 0.15) is 5.76 Å². The van der Waals surface area contributed by atoms with Crippen molar-refractivity contribution in [3.05, 3.63) is 58.5 Å². The van der Waals surface area contributed by atoms with E-state index in [9.17, 15) is 0 Å². The number of halogens is 1. The third-order valence-corrected chi connectivity index (χ3v) is 3.81. The van der Waals surface area contributed by atoms with Crippen LogP contribution in [0.25, 0.3) is 0 Å². The highest BCUT2D eigenvalue weighted by Crippen LogP contribution is 2.26. The van der Waals surface area contributed by atoms with Gasteiger partial charge in [-0.05, 0) is 60.7 Å². The molecule has 2 aromatic rings. The van der Waals surface area contributed by atoms with Gasteiger partial charge < -0.3 is 9.73 Å². The van der Waals surface area contributed by atoms with E-state index in [1.165, 1.54) is 24.0 Å². The fourth-order valence-corrected chi connectivity index (χ4v) is 2.56. The fourth-order valence-electron chi connectivity index (χ4n) is 2.41. The number of hydrogen-bond acceptors (Lipinski definition) is 2. The molecule has 1 heterocycles. The number of rotatable bonds is 8. The van der Waals surface area contributed by atoms with Crippen molar-refractivity contribution in [1.82, 2.24) is 5.32 Å². The van der Waals surface area contributed by atoms with Crippen molar-refractivity contribution in [2.75, 3.05) is 6.54 Å². The molecular formula is C18H24ClNO. The Balaban J connectivity index is 2.16. The summed E-state index contributed by atoms with van der Waals surface area (Å²) in [5.41, 5.74) is 2.61. The van der Waals surface area contributed by atoms with Crippen molar-refractivity contribution in [2.24, 2.45) is 0 Å². The standard InChI is InChI=1S/C18H24ClNO/c1-3-5-6-14-7-9-15(10-8-14)18(20-13-4-2)16-11-12-17(19)21-16/h7-12,18,20H,3-6,13H2,1-2H3. The lowest BCUT2D eigenvalue weighted by Crippen LogP contribution is -2.22. The van der Waals surface area contributed by atoms with E-state index in [1.54, 1.807) is 6.07 Å². The predicted octanol–water partition coefficient (Wildman–Crippen LogP) is 5.36. The van der Waals surface area contributed by atoms with Gasteiger partial charge in [0.25, 0.3) is 0 Å². The summed E-state index contributed by atoms with van der Waals surface area (Å²) in [6.45, 7) is 5.33. The average Bonchev–Trinajstić information content (AvgIpc) is 2.93. The van der Waals surface area contributed by atoms with Crippen molar-refractivity contribution < 1.29 is 4.42 Å². The summed E-state index contributed by atoms with van der Waals surface area (Å²) in [7, 11) is 0. The molecule has 3 heteroatoms. The van der Waals surface area contributed by atoms with Gasteiger partial charge in [-0.15, -0.1) is 0 Å². The van der Waals surface area contributed by atoms with Gasteiger partial charge >= 0.3 is 0 Å². The monoisotopic (exact) mass is 305 g/mol. The first-order chi connectivity index (χ1) is 10.2. The Morgan fingerprint density at radius 1 is 1.05 bits per heavy atom. The molecule has 1 unspecified atom stereocenters. The van der Waals surface area contributed by atoms with Crippen LogP contribution in [0, 0.1) is 0 Å². The zero-order valence-corrected chi connectivity index (χ0v) is 13.6. The highest BCUT2D eigenvalue weighted by atomic mass is 35.5. The predicted molar refractivity (Wildman–Crippen MR) is 88.9 cm³/mol. The van der Waals surface area contributed by atoms with Gasteiger partial charge in [-0.25, -0.2) is 0 Å². The molecule has 0 bridgehead atoms. The molecule has 0 aliphatic heterocycles. The number of hydrogen-bond donors (Lipinski definition) is 1. The van der Waals surface area contributed by atoms with Crippen LogP contribution < -0.4 is 5.32 Å². The molecule has 0 saturated carbocycles. The molecular weight excluding hydrogens is 282 g/mol. The first-order valence-electron chi connectivity index (χ1n) is 7.82. The van der Waals surface area contributed by atoms with Crippen molar-refractivity contribution in [2.45, 2.75) is 45.6 Å². The molecule has 1 N–H and O–H groups in total. The number of furan rings is 1. The fraction of sp³-hybridized carbons (Fsp3) is 0.444. The molecule has 2 rings (SSSR count). The van der Waals surface area contributed by atoms with Crippen molar-refractivity contribution in [3.63, 3.8) is 0 Å². The summed E-state index contributed by atoms with van der Waals surface area (Å²) in [6.07, 6.45) is 4.70. The van der Waals surface area contributed by atoms with E-state index in [1.807, 2.05) is 6.07 Å². The molecule has 114 valence electrons. The first kappa shape index (κ1) is 16.1. The maximum atomic E-state index is 5.91. The Kier molecular flexibility index (Phi) is 6.34. The second kappa shape index (κ2) is 8.26. The molecule has 1 atom stereocenters. The number of aryl methyl sites for hydroxylation is 1. The molecule has 0 fully saturated rings. The Labute approximate surface area is 132 Å². The lowest BCUT2D eigenvalue weighted by molar-refractivity contribution is 0.448. The van der Waals surface area contributed by atoms with E-state index in [2.05, 4.69) is 43.4 Å². The Bertz CT molecular complexity index is 532. The largest absolute Gasteiger partial charge is 0.448 e. The highest BCUT2D eigenvalue weighted by molar-refractivity contribution is 6.28. The topological polar surface area (TPSA) is 25.2 Å². The molecule has 0 spiro atoms. The summed E-state index contributed by atoms with van der Waals surface area (Å²) in [5, 5.41) is 3.96. The van der Waals surface area contributed by atoms with Crippen LogP contribution in [-0.4, -0.2) is 6.54 Å². The van der Waals surface area contributed by atoms with Crippen LogP contribution in [0.15, 0.2) is 40.8 Å². The van der Waals surface area contributed by atoms with Crippen LogP contribution in [0.2, 0.25) is 5.22 Å². The van der Waals surface area contributed by atoms with Gasteiger partial charge in [-0.2, -0.15) is 0 Å². The minimum atomic E-state index is 0.0673. The van der Waals surface area contributed by atoms with E-state index in [0.29, 0.717) is 5.22 Å². The van der Waals surface area contributed by atoms with E-state index in [0.717, 1.165) is 25.1 Å². The number of nitrogens with one attached hydrogen (secondary N) is 1. The highest BCUT2D eigenvalue weighted by Gasteiger charge is 2.17. The van der Waals surface area contributed by atoms with E-state index in [4.69, 9.17) is 16.0 Å². The summed E-state index contributed by atoms with van der Waals surface area (Å²) in [4.78, 5) is 0. The minimum absolute atomic E-state index is 0.0673. The average molecular weight is 306 g/mol. The number of unbranched alkanes of at least 4 members (excludes halogenated alkanes) is 1. The Hall–Kier alpha value is -1.25. The molecule has 1 aromatic heterocycles. The van der Waals surface area contributed by atoms with Gasteiger partial charge in [0.15, 0.2) is 5.22 Å². The zero-order valence-electron chi connectivity index (χ0n) is 12.9. The summed E-state index contributed by atoms with van der Waals surface area (Å²) >= 11 is 5.91. The molecule has 0 amide bonds. The van der Waals surface area contributed by atoms with Crippen LogP contribution in [0.5, 0.6) is 0 Å². The quantitative estimate of drug-likeness (QED) is 0.709. The number of benzene rings is 1. The molecule has 0 aliphatic rings. The van der Waals surface area contributed by atoms with E-state index >= 15 is 0 Å². The molecule has 0 aliphatic carbocycles. The van der Waals surface area contributed by atoms with Gasteiger partial charge in [0.2, 0.25) is 0 Å². The van der Waals surface area contributed by atoms with Gasteiger partial charge in [-0.3, -0.25) is 0 Å². The first-order valence-corrected chi connectivity index (χ1v) is 8.19. The Morgan fingerprint density at radius 2 is 1.81 bits per heavy atom. The van der Waals surface area contributed by atoms with Crippen LogP contribution in [0.4, 0.5) is 0 Å². The Morgan fingerprint density at radius 3 is 2.38 bits per heavy atom. The molecule has 2 nitrogen and oxygen atoms in total. The summed E-state index contributed by atoms with van der Waals surface area (Å²) in [6, 6.07) is 12.6. The van der Waals surface area contributed by atoms with Gasteiger partial charge in [0.05, 0.1) is 6.04 Å². The normalized spacial score (nSPS) is 12.5. The van der Waals surface area contributed by atoms with E-state index in [-0.39, 0.29) is 6.04 Å². The molecule has 21 heavy (non-hydrogen) atoms. The van der Waals surface area contributed by atoms with Crippen LogP contribution in [-0.2, 0) is 6.42 Å². The van der Waals surface area contributed by atoms with Gasteiger partial charge in [0, 0.05) is 0 Å². The molecule has 0 saturated heterocycles. The summed E-state index contributed by atoms with van der Waals surface area (Å²) < 4.78 is 5.60. The minimum Gasteiger partial charge on any atom is -0.448 e. The zero-order chi connectivity index (χ0) is 15.1. The van der Waals surface area contributed by atoms with Crippen molar-refractivity contribution in [1.29, 1.82) is 0 Å². The SMILES string of the molecule is CCCCc1ccc(C(NCCC)c2ccc(Cl)o2)cc1. The molecule has 1 aromatic carbocycles. The van der Waals surface area contributed by atoms with Gasteiger partial charge in [-0.1, -0.05) is 44.5 Å². The maximum absolute atomic E-state index is 5.91.